The normalized spacial score (nSPS) is 10.8. The summed E-state index contributed by atoms with van der Waals surface area (Å²) in [5.74, 6) is -0.483. The summed E-state index contributed by atoms with van der Waals surface area (Å²) in [7, 11) is 1.30. The van der Waals surface area contributed by atoms with E-state index >= 15 is 0 Å². The number of fused-ring (bicyclic) bond motifs is 1. The molecule has 0 spiro atoms. The maximum Gasteiger partial charge on any atom is 0.330 e. The number of hydrogen-bond donors (Lipinski definition) is 0. The van der Waals surface area contributed by atoms with Crippen LogP contribution in [0.15, 0.2) is 30.3 Å². The molecule has 0 aliphatic heterocycles. The first-order valence-electron chi connectivity index (χ1n) is 5.76. The van der Waals surface area contributed by atoms with E-state index in [1.54, 1.807) is 6.07 Å². The molecule has 0 radical (unpaired) electrons. The van der Waals surface area contributed by atoms with Crippen LogP contribution in [0, 0.1) is 6.92 Å². The van der Waals surface area contributed by atoms with Gasteiger partial charge in [-0.3, -0.25) is 4.79 Å². The van der Waals surface area contributed by atoms with E-state index in [2.05, 4.69) is 9.72 Å². The first kappa shape index (κ1) is 13.0. The van der Waals surface area contributed by atoms with Crippen LogP contribution in [0.4, 0.5) is 0 Å². The molecular weight excluding hydrogens is 242 g/mol. The van der Waals surface area contributed by atoms with Crippen molar-refractivity contribution in [2.24, 2.45) is 0 Å². The molecule has 19 heavy (non-hydrogen) atoms. The predicted molar refractivity (Wildman–Crippen MR) is 72.9 cm³/mol. The third-order valence-electron chi connectivity index (χ3n) is 2.74. The van der Waals surface area contributed by atoms with Crippen molar-refractivity contribution in [3.8, 4) is 0 Å². The van der Waals surface area contributed by atoms with E-state index in [0.29, 0.717) is 11.3 Å². The van der Waals surface area contributed by atoms with Crippen LogP contribution in [0.25, 0.3) is 17.0 Å². The van der Waals surface area contributed by atoms with Crippen molar-refractivity contribution in [3.05, 3.63) is 47.2 Å². The summed E-state index contributed by atoms with van der Waals surface area (Å²) in [4.78, 5) is 26.5. The van der Waals surface area contributed by atoms with Gasteiger partial charge in [0, 0.05) is 17.0 Å². The van der Waals surface area contributed by atoms with Crippen molar-refractivity contribution in [1.82, 2.24) is 4.98 Å². The fraction of sp³-hybridized carbons (Fsp3) is 0.133. The zero-order valence-electron chi connectivity index (χ0n) is 10.7. The van der Waals surface area contributed by atoms with Crippen LogP contribution in [0.1, 0.15) is 21.6 Å². The minimum absolute atomic E-state index is 0.441. The zero-order chi connectivity index (χ0) is 13.8. The van der Waals surface area contributed by atoms with Crippen LogP contribution in [0.5, 0.6) is 0 Å². The van der Waals surface area contributed by atoms with Crippen molar-refractivity contribution < 1.29 is 14.3 Å². The average molecular weight is 255 g/mol. The van der Waals surface area contributed by atoms with Crippen molar-refractivity contribution in [3.63, 3.8) is 0 Å². The van der Waals surface area contributed by atoms with Gasteiger partial charge in [0.25, 0.3) is 0 Å². The molecule has 1 aromatic heterocycles. The topological polar surface area (TPSA) is 56.3 Å². The first-order valence-corrected chi connectivity index (χ1v) is 5.76. The van der Waals surface area contributed by atoms with Crippen LogP contribution in [-0.4, -0.2) is 24.3 Å². The number of carbonyl (C=O) groups is 2. The van der Waals surface area contributed by atoms with Gasteiger partial charge in [-0.05, 0) is 30.7 Å². The molecular formula is C15H13NO3. The van der Waals surface area contributed by atoms with Gasteiger partial charge in [0.15, 0.2) is 6.29 Å². The fourth-order valence-corrected chi connectivity index (χ4v) is 1.75. The highest BCUT2D eigenvalue weighted by Gasteiger charge is 2.05. The van der Waals surface area contributed by atoms with E-state index in [9.17, 15) is 9.59 Å². The van der Waals surface area contributed by atoms with E-state index < -0.39 is 5.97 Å². The van der Waals surface area contributed by atoms with E-state index in [0.717, 1.165) is 22.8 Å². The number of carbonyl (C=O) groups excluding carboxylic acids is 2. The Balaban J connectivity index is 2.55. The van der Waals surface area contributed by atoms with Gasteiger partial charge in [0.1, 0.15) is 0 Å². The molecule has 1 aromatic carbocycles. The molecule has 2 aromatic rings. The second kappa shape index (κ2) is 5.44. The summed E-state index contributed by atoms with van der Waals surface area (Å²) < 4.78 is 4.51. The molecule has 4 heteroatoms. The van der Waals surface area contributed by atoms with Crippen molar-refractivity contribution in [2.45, 2.75) is 6.92 Å². The quantitative estimate of drug-likeness (QED) is 0.480. The van der Waals surface area contributed by atoms with Crippen LogP contribution in [-0.2, 0) is 9.53 Å². The number of aryl methyl sites for hydroxylation is 1. The number of benzene rings is 1. The summed E-state index contributed by atoms with van der Waals surface area (Å²) in [6.07, 6.45) is 3.46. The van der Waals surface area contributed by atoms with Gasteiger partial charge in [-0.2, -0.15) is 0 Å². The second-order valence-corrected chi connectivity index (χ2v) is 4.13. The SMILES string of the molecule is COC(=O)/C=C/c1nc2cc(C)ccc2cc1C=O. The zero-order valence-corrected chi connectivity index (χ0v) is 10.7. The minimum atomic E-state index is -0.483. The molecule has 0 bridgehead atoms. The van der Waals surface area contributed by atoms with Crippen molar-refractivity contribution in [2.75, 3.05) is 7.11 Å². The molecule has 2 rings (SSSR count). The number of esters is 1. The molecule has 1 heterocycles. The molecule has 0 N–H and O–H groups in total. The van der Waals surface area contributed by atoms with Crippen molar-refractivity contribution >= 4 is 29.2 Å². The number of ether oxygens (including phenoxy) is 1. The molecule has 0 amide bonds. The monoisotopic (exact) mass is 255 g/mol. The van der Waals surface area contributed by atoms with Crippen molar-refractivity contribution in [1.29, 1.82) is 0 Å². The third kappa shape index (κ3) is 2.85. The average Bonchev–Trinajstić information content (AvgIpc) is 2.43. The number of aromatic nitrogens is 1. The van der Waals surface area contributed by atoms with Gasteiger partial charge >= 0.3 is 5.97 Å². The Morgan fingerprint density at radius 2 is 2.11 bits per heavy atom. The number of pyridine rings is 1. The maximum atomic E-state index is 11.1. The molecule has 0 aliphatic carbocycles. The summed E-state index contributed by atoms with van der Waals surface area (Å²) in [6, 6.07) is 7.56. The molecule has 0 aliphatic rings. The Morgan fingerprint density at radius 1 is 1.32 bits per heavy atom. The smallest absolute Gasteiger partial charge is 0.330 e. The molecule has 96 valence electrons. The highest BCUT2D eigenvalue weighted by Crippen LogP contribution is 2.18. The van der Waals surface area contributed by atoms with Gasteiger partial charge < -0.3 is 4.74 Å². The molecule has 0 saturated carbocycles. The Bertz CT molecular complexity index is 674. The minimum Gasteiger partial charge on any atom is -0.466 e. The summed E-state index contributed by atoms with van der Waals surface area (Å²) in [6.45, 7) is 1.97. The number of methoxy groups -OCH3 is 1. The summed E-state index contributed by atoms with van der Waals surface area (Å²) in [5, 5.41) is 0.892. The Labute approximate surface area is 110 Å². The number of hydrogen-bond acceptors (Lipinski definition) is 4. The standard InChI is InChI=1S/C15H13NO3/c1-10-3-4-11-8-12(9-17)13(16-14(11)7-10)5-6-15(18)19-2/h3-9H,1-2H3/b6-5+. The lowest BCUT2D eigenvalue weighted by atomic mass is 10.1. The fourth-order valence-electron chi connectivity index (χ4n) is 1.75. The largest absolute Gasteiger partial charge is 0.466 e. The number of aldehydes is 1. The van der Waals surface area contributed by atoms with E-state index in [4.69, 9.17) is 0 Å². The first-order chi connectivity index (χ1) is 9.13. The molecule has 0 fully saturated rings. The number of rotatable bonds is 3. The maximum absolute atomic E-state index is 11.1. The Kier molecular flexibility index (Phi) is 3.71. The van der Waals surface area contributed by atoms with Gasteiger partial charge in [-0.25, -0.2) is 9.78 Å². The molecule has 0 saturated heterocycles. The molecule has 4 nitrogen and oxygen atoms in total. The lowest BCUT2D eigenvalue weighted by Crippen LogP contribution is -1.96. The van der Waals surface area contributed by atoms with Crippen LogP contribution >= 0.6 is 0 Å². The number of nitrogens with zero attached hydrogens (tertiary/aromatic N) is 1. The Morgan fingerprint density at radius 3 is 2.79 bits per heavy atom. The highest BCUT2D eigenvalue weighted by atomic mass is 16.5. The second-order valence-electron chi connectivity index (χ2n) is 4.13. The lowest BCUT2D eigenvalue weighted by molar-refractivity contribution is -0.134. The summed E-state index contributed by atoms with van der Waals surface area (Å²) >= 11 is 0. The summed E-state index contributed by atoms with van der Waals surface area (Å²) in [5.41, 5.74) is 2.77. The van der Waals surface area contributed by atoms with E-state index in [1.165, 1.54) is 19.3 Å². The third-order valence-corrected chi connectivity index (χ3v) is 2.74. The van der Waals surface area contributed by atoms with Crippen LogP contribution < -0.4 is 0 Å². The highest BCUT2D eigenvalue weighted by molar-refractivity contribution is 5.93. The van der Waals surface area contributed by atoms with E-state index in [1.807, 2.05) is 25.1 Å². The van der Waals surface area contributed by atoms with E-state index in [-0.39, 0.29) is 0 Å². The van der Waals surface area contributed by atoms with Gasteiger partial charge in [-0.1, -0.05) is 12.1 Å². The van der Waals surface area contributed by atoms with Crippen LogP contribution in [0.2, 0.25) is 0 Å². The van der Waals surface area contributed by atoms with Gasteiger partial charge in [0.05, 0.1) is 18.3 Å². The van der Waals surface area contributed by atoms with Gasteiger partial charge in [0.2, 0.25) is 0 Å². The predicted octanol–water partition coefficient (Wildman–Crippen LogP) is 2.54. The van der Waals surface area contributed by atoms with Gasteiger partial charge in [-0.15, -0.1) is 0 Å². The molecule has 0 atom stereocenters. The van der Waals surface area contributed by atoms with Crippen LogP contribution in [0.3, 0.4) is 0 Å². The molecule has 0 unspecified atom stereocenters. The lowest BCUT2D eigenvalue weighted by Gasteiger charge is -2.03. The Hall–Kier alpha value is -2.49.